The molecule has 0 saturated carbocycles. The van der Waals surface area contributed by atoms with Crippen LogP contribution >= 0.6 is 0 Å². The van der Waals surface area contributed by atoms with Crippen LogP contribution in [0.3, 0.4) is 0 Å². The normalized spacial score (nSPS) is 20.8. The summed E-state index contributed by atoms with van der Waals surface area (Å²) in [6, 6.07) is 17.2. The summed E-state index contributed by atoms with van der Waals surface area (Å²) in [5.41, 5.74) is 9.52. The second-order valence-electron chi connectivity index (χ2n) is 8.89. The van der Waals surface area contributed by atoms with Crippen LogP contribution in [0.1, 0.15) is 30.9 Å². The van der Waals surface area contributed by atoms with E-state index in [1.807, 2.05) is 47.1 Å². The average Bonchev–Trinajstić information content (AvgIpc) is 3.58. The number of nitrogens with two attached hydrogens (primary N) is 1. The summed E-state index contributed by atoms with van der Waals surface area (Å²) in [6.45, 7) is 2.62. The van der Waals surface area contributed by atoms with Crippen molar-refractivity contribution in [3.63, 3.8) is 0 Å². The third-order valence-electron chi connectivity index (χ3n) is 6.67. The number of halogens is 1. The highest BCUT2D eigenvalue weighted by atomic mass is 19.1. The number of anilines is 2. The molecule has 8 heteroatoms. The molecule has 4 aromatic rings. The molecule has 33 heavy (non-hydrogen) atoms. The van der Waals surface area contributed by atoms with Crippen LogP contribution in [0.15, 0.2) is 60.8 Å². The van der Waals surface area contributed by atoms with Gasteiger partial charge < -0.3 is 15.5 Å². The number of fused-ring (bicyclic) bond motifs is 1. The smallest absolute Gasteiger partial charge is 0.154 e. The second-order valence-corrected chi connectivity index (χ2v) is 8.89. The topological polar surface area (TPSA) is 75.6 Å². The van der Waals surface area contributed by atoms with Gasteiger partial charge in [0.05, 0.1) is 17.9 Å². The van der Waals surface area contributed by atoms with Crippen LogP contribution in [0.4, 0.5) is 16.0 Å². The van der Waals surface area contributed by atoms with Crippen molar-refractivity contribution in [3.8, 4) is 11.4 Å². The molecule has 2 aliphatic heterocycles. The average molecular weight is 444 g/mol. The first kappa shape index (κ1) is 20.1. The van der Waals surface area contributed by atoms with Crippen molar-refractivity contribution < 1.29 is 4.39 Å². The fourth-order valence-electron chi connectivity index (χ4n) is 5.03. The molecule has 0 radical (unpaired) electrons. The Morgan fingerprint density at radius 1 is 0.970 bits per heavy atom. The van der Waals surface area contributed by atoms with Crippen LogP contribution in [0.2, 0.25) is 0 Å². The Kier molecular flexibility index (Phi) is 4.95. The fraction of sp³-hybridized carbons (Fsp3) is 0.320. The van der Waals surface area contributed by atoms with Crippen LogP contribution in [-0.4, -0.2) is 45.3 Å². The highest BCUT2D eigenvalue weighted by molar-refractivity contribution is 5.63. The van der Waals surface area contributed by atoms with Crippen molar-refractivity contribution in [3.05, 3.63) is 72.2 Å². The number of aromatic nitrogens is 4. The van der Waals surface area contributed by atoms with Crippen LogP contribution in [-0.2, 0) is 0 Å². The van der Waals surface area contributed by atoms with E-state index in [0.717, 1.165) is 73.1 Å². The maximum Gasteiger partial charge on any atom is 0.154 e. The molecule has 168 valence electrons. The molecule has 1 aromatic carbocycles. The largest absolute Gasteiger partial charge is 0.355 e. The summed E-state index contributed by atoms with van der Waals surface area (Å²) in [6.07, 6.45) is 4.82. The van der Waals surface area contributed by atoms with Crippen molar-refractivity contribution in [2.45, 2.75) is 31.3 Å². The molecule has 7 nitrogen and oxygen atoms in total. The molecule has 2 saturated heterocycles. The minimum Gasteiger partial charge on any atom is -0.355 e. The number of nitrogens with zero attached hydrogens (tertiary/aromatic N) is 6. The Balaban J connectivity index is 1.36. The molecule has 2 N–H and O–H groups in total. The van der Waals surface area contributed by atoms with Gasteiger partial charge in [-0.3, -0.25) is 0 Å². The lowest BCUT2D eigenvalue weighted by Gasteiger charge is -2.26. The van der Waals surface area contributed by atoms with Gasteiger partial charge in [-0.1, -0.05) is 18.2 Å². The monoisotopic (exact) mass is 443 g/mol. The minimum absolute atomic E-state index is 0.110. The molecule has 2 aliphatic rings. The zero-order valence-electron chi connectivity index (χ0n) is 18.3. The quantitative estimate of drug-likeness (QED) is 0.517. The molecule has 6 rings (SSSR count). The highest BCUT2D eigenvalue weighted by Gasteiger charge is 2.28. The van der Waals surface area contributed by atoms with Crippen molar-refractivity contribution in [1.29, 1.82) is 0 Å². The van der Waals surface area contributed by atoms with Gasteiger partial charge in [0.1, 0.15) is 23.1 Å². The lowest BCUT2D eigenvalue weighted by Crippen LogP contribution is -2.26. The van der Waals surface area contributed by atoms with E-state index in [0.29, 0.717) is 0 Å². The summed E-state index contributed by atoms with van der Waals surface area (Å²) in [7, 11) is 0. The molecule has 0 bridgehead atoms. The van der Waals surface area contributed by atoms with Crippen LogP contribution in [0, 0.1) is 5.82 Å². The van der Waals surface area contributed by atoms with E-state index in [-0.39, 0.29) is 17.9 Å². The number of benzene rings is 1. The van der Waals surface area contributed by atoms with Crippen LogP contribution in [0.5, 0.6) is 0 Å². The lowest BCUT2D eigenvalue weighted by atomic mass is 10.0. The predicted molar refractivity (Wildman–Crippen MR) is 127 cm³/mol. The second kappa shape index (κ2) is 8.12. The van der Waals surface area contributed by atoms with Gasteiger partial charge in [-0.2, -0.15) is 0 Å². The molecule has 2 fully saturated rings. The highest BCUT2D eigenvalue weighted by Crippen LogP contribution is 2.35. The van der Waals surface area contributed by atoms with Crippen LogP contribution < -0.4 is 15.5 Å². The number of hydrogen-bond acceptors (Lipinski definition) is 6. The van der Waals surface area contributed by atoms with Gasteiger partial charge in [0.25, 0.3) is 0 Å². The zero-order valence-corrected chi connectivity index (χ0v) is 18.3. The maximum atomic E-state index is 13.9. The molecular weight excluding hydrogens is 417 g/mol. The van der Waals surface area contributed by atoms with Gasteiger partial charge in [-0.15, -0.1) is 5.10 Å². The van der Waals surface area contributed by atoms with E-state index in [1.165, 1.54) is 6.07 Å². The Bertz CT molecular complexity index is 1300. The van der Waals surface area contributed by atoms with Gasteiger partial charge in [0.2, 0.25) is 0 Å². The van der Waals surface area contributed by atoms with Crippen molar-refractivity contribution >= 4 is 17.3 Å². The van der Waals surface area contributed by atoms with Gasteiger partial charge >= 0.3 is 0 Å². The molecule has 0 amide bonds. The van der Waals surface area contributed by atoms with Crippen molar-refractivity contribution in [1.82, 2.24) is 19.6 Å². The van der Waals surface area contributed by atoms with E-state index in [9.17, 15) is 4.39 Å². The molecule has 5 heterocycles. The lowest BCUT2D eigenvalue weighted by molar-refractivity contribution is 0.617. The summed E-state index contributed by atoms with van der Waals surface area (Å²) in [4.78, 5) is 13.9. The molecule has 2 atom stereocenters. The van der Waals surface area contributed by atoms with Crippen LogP contribution in [0.25, 0.3) is 17.0 Å². The molecule has 0 spiro atoms. The van der Waals surface area contributed by atoms with Gasteiger partial charge in [-0.05, 0) is 61.2 Å². The Labute approximate surface area is 191 Å². The van der Waals surface area contributed by atoms with E-state index < -0.39 is 0 Å². The van der Waals surface area contributed by atoms with E-state index in [1.54, 1.807) is 12.1 Å². The number of pyridine rings is 1. The predicted octanol–water partition coefficient (Wildman–Crippen LogP) is 3.81. The van der Waals surface area contributed by atoms with E-state index >= 15 is 0 Å². The minimum atomic E-state index is -0.204. The van der Waals surface area contributed by atoms with Gasteiger partial charge in [-0.25, -0.2) is 18.9 Å². The maximum absolute atomic E-state index is 13.9. The number of hydrogen-bond donors (Lipinski definition) is 1. The molecule has 0 aliphatic carbocycles. The Morgan fingerprint density at radius 2 is 1.88 bits per heavy atom. The molecule has 0 unspecified atom stereocenters. The van der Waals surface area contributed by atoms with E-state index in [4.69, 9.17) is 15.8 Å². The van der Waals surface area contributed by atoms with Gasteiger partial charge in [0.15, 0.2) is 5.65 Å². The molecule has 3 aromatic heterocycles. The first-order chi connectivity index (χ1) is 16.2. The van der Waals surface area contributed by atoms with E-state index in [2.05, 4.69) is 14.8 Å². The summed E-state index contributed by atoms with van der Waals surface area (Å²) in [5.74, 6) is 1.58. The first-order valence-corrected chi connectivity index (χ1v) is 11.5. The fourth-order valence-corrected chi connectivity index (χ4v) is 5.03. The molecular formula is C25H26FN7. The number of imidazole rings is 1. The number of rotatable bonds is 4. The van der Waals surface area contributed by atoms with Crippen molar-refractivity contribution in [2.75, 3.05) is 29.4 Å². The van der Waals surface area contributed by atoms with Crippen molar-refractivity contribution in [2.24, 2.45) is 5.73 Å². The Morgan fingerprint density at radius 3 is 2.73 bits per heavy atom. The zero-order chi connectivity index (χ0) is 22.4. The third kappa shape index (κ3) is 3.70. The summed E-state index contributed by atoms with van der Waals surface area (Å²) >= 11 is 0. The summed E-state index contributed by atoms with van der Waals surface area (Å²) < 4.78 is 15.7. The Hall–Kier alpha value is -3.52. The third-order valence-corrected chi connectivity index (χ3v) is 6.67. The van der Waals surface area contributed by atoms with Gasteiger partial charge in [0, 0.05) is 25.7 Å². The first-order valence-electron chi connectivity index (χ1n) is 11.5. The summed E-state index contributed by atoms with van der Waals surface area (Å²) in [5, 5.41) is 4.94. The standard InChI is InChI=1S/C25H26FN7/c26-18-5-1-4-17(14-18)21-7-3-12-32(21)25-10-9-23-28-15-22(33(23)30-25)20-6-2-8-24(29-20)31-13-11-19(27)16-31/h1-2,4-6,8-10,14-15,19,21H,3,7,11-13,16,27H2/t19-,21+/m0/s1. The SMILES string of the molecule is N[C@H]1CCN(c2cccc(-c3cnc4ccc(N5CCC[C@@H]5c5cccc(F)c5)nn34)n2)C1.